The zero-order valence-corrected chi connectivity index (χ0v) is 41.5. The van der Waals surface area contributed by atoms with Crippen molar-refractivity contribution in [3.05, 3.63) is 108 Å². The average Bonchev–Trinajstić information content (AvgIpc) is 3.77. The maximum Gasteiger partial charge on any atom is 0.245 e. The number of aliphatic hydroxyl groups is 3. The Kier molecular flexibility index (Phi) is 23.8. The van der Waals surface area contributed by atoms with Crippen LogP contribution in [0.5, 0.6) is 0 Å². The zero-order valence-electron chi connectivity index (χ0n) is 39.8. The van der Waals surface area contributed by atoms with Crippen LogP contribution in [-0.2, 0) is 52.8 Å². The molecule has 0 saturated carbocycles. The number of fused-ring (bicyclic) bond motifs is 1. The largest absolute Gasteiger partial charge is 0.394 e. The van der Waals surface area contributed by atoms with Crippen molar-refractivity contribution in [2.75, 3.05) is 24.7 Å². The summed E-state index contributed by atoms with van der Waals surface area (Å²) in [4.78, 5) is 100. The van der Waals surface area contributed by atoms with Crippen molar-refractivity contribution in [1.29, 1.82) is 0 Å². The van der Waals surface area contributed by atoms with Crippen LogP contribution >= 0.6 is 25.3 Å². The summed E-state index contributed by atoms with van der Waals surface area (Å²) in [6.07, 6.45) is -0.0947. The number of carbonyl (C=O) groups excluding carboxylic acids is 7. The Labute approximate surface area is 423 Å². The van der Waals surface area contributed by atoms with E-state index in [9.17, 15) is 48.9 Å². The molecular formula is C49H68N10O10S2. The van der Waals surface area contributed by atoms with E-state index in [1.807, 2.05) is 54.6 Å². The molecule has 0 fully saturated rings. The number of carbonyl (C=O) groups is 7. The van der Waals surface area contributed by atoms with Gasteiger partial charge in [0.15, 0.2) is 0 Å². The molecule has 0 aliphatic heterocycles. The Bertz CT molecular complexity index is 2360. The number of hydrogen-bond donors (Lipinski definition) is 15. The van der Waals surface area contributed by atoms with Crippen LogP contribution in [0.25, 0.3) is 10.9 Å². The minimum atomic E-state index is -1.65. The Morgan fingerprint density at radius 1 is 0.563 bits per heavy atom. The van der Waals surface area contributed by atoms with Gasteiger partial charge in [-0.05, 0) is 68.8 Å². The monoisotopic (exact) mass is 1020 g/mol. The molecule has 4 aromatic rings. The van der Waals surface area contributed by atoms with Crippen molar-refractivity contribution in [2.24, 2.45) is 11.5 Å². The number of amides is 7. The number of aliphatic hydroxyl groups excluding tert-OH is 3. The second kappa shape index (κ2) is 29.4. The number of benzene rings is 3. The van der Waals surface area contributed by atoms with Gasteiger partial charge in [0.1, 0.15) is 36.3 Å². The van der Waals surface area contributed by atoms with Gasteiger partial charge < -0.3 is 69.0 Å². The van der Waals surface area contributed by atoms with Gasteiger partial charge in [-0.15, -0.1) is 0 Å². The van der Waals surface area contributed by atoms with Gasteiger partial charge >= 0.3 is 0 Å². The highest BCUT2D eigenvalue weighted by atomic mass is 32.1. The molecule has 1 aromatic heterocycles. The summed E-state index contributed by atoms with van der Waals surface area (Å²) in [5.41, 5.74) is 14.8. The van der Waals surface area contributed by atoms with E-state index in [0.717, 1.165) is 16.5 Å². The van der Waals surface area contributed by atoms with E-state index >= 15 is 0 Å². The van der Waals surface area contributed by atoms with Gasteiger partial charge in [-0.1, -0.05) is 78.9 Å². The quantitative estimate of drug-likeness (QED) is 0.0222. The number of aromatic amines is 1. The molecule has 71 heavy (non-hydrogen) atoms. The first-order chi connectivity index (χ1) is 34.0. The standard InChI is InChI=1S/C49H68N10O10S2/c1-28(61)39(25-60)56-48(68)41(27-71)58-49(69)42(29(2)62)59-44(64)36(19-11-12-20-50)53-46(66)38(23-32-24-52-35-18-10-9-17-33(32)35)55-45(65)37(22-31-15-7-4-8-16-31)54-47(67)40(26-70)57-43(63)34(51)21-30-13-5-3-6-14-30/h3-10,13-18,24,28-29,34,36-42,52,60-62,70-71H,11-12,19-23,25-27,50-51H2,1-2H3,(H,53,66)(H,54,67)(H,55,65)(H,56,68)(H,57,63)(H,58,69)(H,59,64)/t28?,29-,34+,36+,37-,38-,39?,40-,41+,42+/m1/s1. The van der Waals surface area contributed by atoms with Crippen LogP contribution in [0, 0.1) is 0 Å². The first kappa shape index (κ1) is 57.6. The molecule has 4 rings (SSSR count). The van der Waals surface area contributed by atoms with Crippen molar-refractivity contribution >= 4 is 77.5 Å². The van der Waals surface area contributed by atoms with Crippen molar-refractivity contribution in [3.8, 4) is 0 Å². The van der Waals surface area contributed by atoms with Gasteiger partial charge in [0.05, 0.1) is 30.9 Å². The fraction of sp³-hybridized carbons (Fsp3) is 0.449. The topological polar surface area (TPSA) is 332 Å². The summed E-state index contributed by atoms with van der Waals surface area (Å²) in [6, 6.07) is 15.0. The fourth-order valence-electron chi connectivity index (χ4n) is 7.52. The smallest absolute Gasteiger partial charge is 0.245 e. The van der Waals surface area contributed by atoms with Crippen LogP contribution in [0.15, 0.2) is 91.1 Å². The molecule has 0 saturated heterocycles. The minimum absolute atomic E-state index is 0.0127. The van der Waals surface area contributed by atoms with Crippen LogP contribution in [0.4, 0.5) is 0 Å². The second-order valence-electron chi connectivity index (χ2n) is 17.3. The molecule has 15 N–H and O–H groups in total. The highest BCUT2D eigenvalue weighted by molar-refractivity contribution is 7.80. The first-order valence-corrected chi connectivity index (χ1v) is 24.7. The average molecular weight is 1020 g/mol. The maximum atomic E-state index is 14.6. The van der Waals surface area contributed by atoms with E-state index in [4.69, 9.17) is 11.5 Å². The van der Waals surface area contributed by atoms with Crippen LogP contribution in [0.2, 0.25) is 0 Å². The summed E-state index contributed by atoms with van der Waals surface area (Å²) in [5.74, 6) is -5.96. The Morgan fingerprint density at radius 2 is 1.04 bits per heavy atom. The normalized spacial score (nSPS) is 15.5. The molecule has 0 aliphatic rings. The van der Waals surface area contributed by atoms with Crippen molar-refractivity contribution in [2.45, 2.75) is 113 Å². The van der Waals surface area contributed by atoms with Gasteiger partial charge in [-0.25, -0.2) is 0 Å². The molecule has 0 aliphatic carbocycles. The van der Waals surface area contributed by atoms with E-state index in [2.05, 4.69) is 67.5 Å². The Balaban J connectivity index is 1.61. The lowest BCUT2D eigenvalue weighted by Crippen LogP contribution is -2.62. The van der Waals surface area contributed by atoms with E-state index in [1.165, 1.54) is 13.8 Å². The Hall–Kier alpha value is -6.01. The van der Waals surface area contributed by atoms with Gasteiger partial charge in [-0.2, -0.15) is 25.3 Å². The van der Waals surface area contributed by atoms with Crippen molar-refractivity contribution in [3.63, 3.8) is 0 Å². The summed E-state index contributed by atoms with van der Waals surface area (Å²) in [7, 11) is 0. The SMILES string of the molecule is CC(O)C(CO)NC(=O)[C@H](CS)NC(=O)[C@@H](NC(=O)[C@H](CCCCN)NC(=O)[C@@H](Cc1c[nH]c2ccccc12)NC(=O)[C@@H](Cc1ccccc1)NC(=O)[C@@H](CS)NC(=O)[C@@H](N)Cc1ccccc1)[C@@H](C)O. The number of unbranched alkanes of at least 4 members (excludes halogenated alkanes) is 1. The van der Waals surface area contributed by atoms with Gasteiger partial charge in [0.25, 0.3) is 0 Å². The molecule has 0 spiro atoms. The predicted molar refractivity (Wildman–Crippen MR) is 275 cm³/mol. The molecule has 3 aromatic carbocycles. The summed E-state index contributed by atoms with van der Waals surface area (Å²) in [5, 5.41) is 49.2. The number of para-hydroxylation sites is 1. The number of H-pyrrole nitrogens is 1. The summed E-state index contributed by atoms with van der Waals surface area (Å²) in [6.45, 7) is 2.25. The number of nitrogens with two attached hydrogens (primary N) is 2. The lowest BCUT2D eigenvalue weighted by Gasteiger charge is -2.28. The van der Waals surface area contributed by atoms with Crippen LogP contribution in [0.3, 0.4) is 0 Å². The van der Waals surface area contributed by atoms with Crippen molar-refractivity contribution < 1.29 is 48.9 Å². The third kappa shape index (κ3) is 18.0. The van der Waals surface area contributed by atoms with Gasteiger partial charge in [0.2, 0.25) is 41.4 Å². The highest BCUT2D eigenvalue weighted by Crippen LogP contribution is 2.20. The predicted octanol–water partition coefficient (Wildman–Crippen LogP) is -1.34. The number of aromatic nitrogens is 1. The Morgan fingerprint density at radius 3 is 1.59 bits per heavy atom. The second-order valence-corrected chi connectivity index (χ2v) is 18.0. The fourth-order valence-corrected chi connectivity index (χ4v) is 8.03. The highest BCUT2D eigenvalue weighted by Gasteiger charge is 2.35. The first-order valence-electron chi connectivity index (χ1n) is 23.4. The minimum Gasteiger partial charge on any atom is -0.394 e. The maximum absolute atomic E-state index is 14.6. The lowest BCUT2D eigenvalue weighted by molar-refractivity contribution is -0.136. The zero-order chi connectivity index (χ0) is 52.0. The van der Waals surface area contributed by atoms with Gasteiger partial charge in [0, 0.05) is 41.4 Å². The van der Waals surface area contributed by atoms with Gasteiger partial charge in [-0.3, -0.25) is 33.6 Å². The molecule has 10 atom stereocenters. The molecule has 2 unspecified atom stereocenters. The van der Waals surface area contributed by atoms with E-state index in [0.29, 0.717) is 24.0 Å². The number of rotatable bonds is 29. The molecule has 0 bridgehead atoms. The van der Waals surface area contributed by atoms with E-state index in [1.54, 1.807) is 36.5 Å². The van der Waals surface area contributed by atoms with Crippen LogP contribution < -0.4 is 48.7 Å². The number of nitrogens with one attached hydrogen (secondary N) is 8. The van der Waals surface area contributed by atoms with E-state index in [-0.39, 0.29) is 43.7 Å². The molecule has 20 nitrogen and oxygen atoms in total. The van der Waals surface area contributed by atoms with Crippen LogP contribution in [-0.4, -0.2) is 147 Å². The molecule has 386 valence electrons. The summed E-state index contributed by atoms with van der Waals surface area (Å²) >= 11 is 8.47. The molecule has 0 radical (unpaired) electrons. The molecule has 7 amide bonds. The number of hydrogen-bond acceptors (Lipinski definition) is 14. The molecule has 22 heteroatoms. The molecule has 1 heterocycles. The number of thiol groups is 2. The van der Waals surface area contributed by atoms with Crippen LogP contribution in [0.1, 0.15) is 49.8 Å². The molecular weight excluding hydrogens is 953 g/mol. The summed E-state index contributed by atoms with van der Waals surface area (Å²) < 4.78 is 0. The third-order valence-electron chi connectivity index (χ3n) is 11.7. The third-order valence-corrected chi connectivity index (χ3v) is 12.4. The van der Waals surface area contributed by atoms with E-state index < -0.39 is 108 Å². The lowest BCUT2D eigenvalue weighted by atomic mass is 10.0. The van der Waals surface area contributed by atoms with Crippen molar-refractivity contribution in [1.82, 2.24) is 42.2 Å².